The third-order valence-electron chi connectivity index (χ3n) is 3.81. The molecule has 0 radical (unpaired) electrons. The van der Waals surface area contributed by atoms with E-state index in [1.165, 1.54) is 29.5 Å². The average Bonchev–Trinajstić information content (AvgIpc) is 3.09. The molecule has 0 atom stereocenters. The van der Waals surface area contributed by atoms with Crippen LogP contribution in [-0.2, 0) is 6.54 Å². The minimum absolute atomic E-state index is 0.00283. The van der Waals surface area contributed by atoms with Crippen LogP contribution in [0.4, 0.5) is 5.69 Å². The van der Waals surface area contributed by atoms with Crippen LogP contribution in [0, 0.1) is 10.1 Å². The van der Waals surface area contributed by atoms with Gasteiger partial charge in [-0.1, -0.05) is 18.2 Å². The number of nitro benzene ring substituents is 1. The summed E-state index contributed by atoms with van der Waals surface area (Å²) in [5.41, 5.74) is 0.363. The molecular weight excluding hydrogens is 330 g/mol. The lowest BCUT2D eigenvalue weighted by atomic mass is 10.1. The van der Waals surface area contributed by atoms with Gasteiger partial charge < -0.3 is 0 Å². The molecule has 7 nitrogen and oxygen atoms in total. The first-order valence-electron chi connectivity index (χ1n) is 7.04. The second kappa shape index (κ2) is 5.20. The average molecular weight is 339 g/mol. The quantitative estimate of drug-likeness (QED) is 0.415. The highest BCUT2D eigenvalue weighted by Crippen LogP contribution is 2.32. The van der Waals surface area contributed by atoms with E-state index in [0.717, 1.165) is 15.1 Å². The molecule has 0 aliphatic carbocycles. The number of benzene rings is 2. The molecule has 1 aliphatic heterocycles. The summed E-state index contributed by atoms with van der Waals surface area (Å²) in [6, 6.07) is 11.6. The van der Waals surface area contributed by atoms with Crippen molar-refractivity contribution in [2.75, 3.05) is 0 Å². The zero-order valence-electron chi connectivity index (χ0n) is 12.1. The highest BCUT2D eigenvalue weighted by atomic mass is 32.1. The van der Waals surface area contributed by atoms with Gasteiger partial charge in [0.2, 0.25) is 0 Å². The van der Waals surface area contributed by atoms with Crippen LogP contribution < -0.4 is 0 Å². The highest BCUT2D eigenvalue weighted by Gasteiger charge is 2.41. The number of nitrogens with zero attached hydrogens (tertiary/aromatic N) is 3. The molecule has 1 aromatic heterocycles. The maximum atomic E-state index is 12.5. The van der Waals surface area contributed by atoms with Crippen molar-refractivity contribution in [3.63, 3.8) is 0 Å². The van der Waals surface area contributed by atoms with Gasteiger partial charge in [0, 0.05) is 6.07 Å². The maximum absolute atomic E-state index is 12.5. The van der Waals surface area contributed by atoms with Crippen molar-refractivity contribution >= 4 is 39.1 Å². The highest BCUT2D eigenvalue weighted by molar-refractivity contribution is 7.18. The summed E-state index contributed by atoms with van der Waals surface area (Å²) >= 11 is 1.39. The molecule has 118 valence electrons. The molecule has 0 spiro atoms. The SMILES string of the molecule is O=C1c2cccc([N+](=O)[O-])c2C(=O)N1Cc1nc2ccccc2s1. The van der Waals surface area contributed by atoms with Crippen molar-refractivity contribution in [1.82, 2.24) is 9.88 Å². The third-order valence-corrected chi connectivity index (χ3v) is 4.83. The van der Waals surface area contributed by atoms with Crippen molar-refractivity contribution in [2.45, 2.75) is 6.54 Å². The van der Waals surface area contributed by atoms with Gasteiger partial charge in [-0.05, 0) is 18.2 Å². The number of aromatic nitrogens is 1. The van der Waals surface area contributed by atoms with Gasteiger partial charge in [-0.15, -0.1) is 11.3 Å². The molecule has 0 unspecified atom stereocenters. The topological polar surface area (TPSA) is 93.4 Å². The number of amides is 2. The van der Waals surface area contributed by atoms with Gasteiger partial charge >= 0.3 is 0 Å². The predicted molar refractivity (Wildman–Crippen MR) is 86.9 cm³/mol. The number of carbonyl (C=O) groups is 2. The van der Waals surface area contributed by atoms with Crippen LogP contribution in [0.3, 0.4) is 0 Å². The van der Waals surface area contributed by atoms with E-state index >= 15 is 0 Å². The van der Waals surface area contributed by atoms with Gasteiger partial charge in [-0.25, -0.2) is 4.98 Å². The lowest BCUT2D eigenvalue weighted by Gasteiger charge is -2.11. The number of thiazole rings is 1. The van der Waals surface area contributed by atoms with Crippen LogP contribution in [-0.4, -0.2) is 26.6 Å². The lowest BCUT2D eigenvalue weighted by molar-refractivity contribution is -0.385. The van der Waals surface area contributed by atoms with Gasteiger partial charge in [0.1, 0.15) is 10.6 Å². The second-order valence-corrected chi connectivity index (χ2v) is 6.34. The first kappa shape index (κ1) is 14.5. The Labute approximate surface area is 139 Å². The number of fused-ring (bicyclic) bond motifs is 2. The zero-order chi connectivity index (χ0) is 16.8. The maximum Gasteiger partial charge on any atom is 0.282 e. The van der Waals surface area contributed by atoms with Gasteiger partial charge in [0.05, 0.1) is 27.2 Å². The smallest absolute Gasteiger partial charge is 0.269 e. The normalized spacial score (nSPS) is 13.6. The molecule has 0 fully saturated rings. The fourth-order valence-electron chi connectivity index (χ4n) is 2.73. The zero-order valence-corrected chi connectivity index (χ0v) is 12.9. The van der Waals surface area contributed by atoms with Crippen LogP contribution in [0.2, 0.25) is 0 Å². The standard InChI is InChI=1S/C16H9N3O4S/c20-15-9-4-3-6-11(19(22)23)14(9)16(21)18(15)8-13-17-10-5-1-2-7-12(10)24-13/h1-7H,8H2. The molecule has 1 aliphatic rings. The number of carbonyl (C=O) groups excluding carboxylic acids is 2. The summed E-state index contributed by atoms with van der Waals surface area (Å²) in [4.78, 5) is 40.9. The molecule has 2 amide bonds. The number of imide groups is 1. The van der Waals surface area contributed by atoms with E-state index < -0.39 is 16.7 Å². The van der Waals surface area contributed by atoms with Crippen molar-refractivity contribution in [3.8, 4) is 0 Å². The Hall–Kier alpha value is -3.13. The number of nitro groups is 1. The van der Waals surface area contributed by atoms with E-state index in [-0.39, 0.29) is 23.4 Å². The monoisotopic (exact) mass is 339 g/mol. The summed E-state index contributed by atoms with van der Waals surface area (Å²) < 4.78 is 0.954. The van der Waals surface area contributed by atoms with Gasteiger partial charge in [-0.2, -0.15) is 0 Å². The second-order valence-electron chi connectivity index (χ2n) is 5.23. The van der Waals surface area contributed by atoms with Crippen molar-refractivity contribution in [3.05, 3.63) is 68.7 Å². The minimum Gasteiger partial charge on any atom is -0.269 e. The molecular formula is C16H9N3O4S. The van der Waals surface area contributed by atoms with Crippen LogP contribution >= 0.6 is 11.3 Å². The Morgan fingerprint density at radius 3 is 2.62 bits per heavy atom. The van der Waals surface area contributed by atoms with E-state index in [2.05, 4.69) is 4.98 Å². The van der Waals surface area contributed by atoms with Gasteiger partial charge in [0.25, 0.3) is 17.5 Å². The summed E-state index contributed by atoms with van der Waals surface area (Å²) in [5.74, 6) is -1.18. The van der Waals surface area contributed by atoms with Crippen LogP contribution in [0.5, 0.6) is 0 Å². The first-order valence-corrected chi connectivity index (χ1v) is 7.86. The summed E-state index contributed by atoms with van der Waals surface area (Å²) in [6.07, 6.45) is 0. The van der Waals surface area contributed by atoms with Crippen molar-refractivity contribution < 1.29 is 14.5 Å². The predicted octanol–water partition coefficient (Wildman–Crippen LogP) is 3.00. The van der Waals surface area contributed by atoms with Crippen LogP contribution in [0.15, 0.2) is 42.5 Å². The van der Waals surface area contributed by atoms with Crippen LogP contribution in [0.25, 0.3) is 10.2 Å². The molecule has 4 rings (SSSR count). The largest absolute Gasteiger partial charge is 0.282 e. The third kappa shape index (κ3) is 2.08. The summed E-state index contributed by atoms with van der Waals surface area (Å²) in [5, 5.41) is 11.7. The number of rotatable bonds is 3. The number of hydrogen-bond acceptors (Lipinski definition) is 6. The van der Waals surface area contributed by atoms with E-state index in [4.69, 9.17) is 0 Å². The van der Waals surface area contributed by atoms with E-state index in [1.54, 1.807) is 0 Å². The Kier molecular flexibility index (Phi) is 3.14. The fraction of sp³-hybridized carbons (Fsp3) is 0.0625. The van der Waals surface area contributed by atoms with Gasteiger partial charge in [-0.3, -0.25) is 24.6 Å². The lowest BCUT2D eigenvalue weighted by Crippen LogP contribution is -2.29. The molecule has 0 bridgehead atoms. The Balaban J connectivity index is 1.72. The molecule has 2 heterocycles. The number of para-hydroxylation sites is 1. The van der Waals surface area contributed by atoms with Crippen LogP contribution in [0.1, 0.15) is 25.7 Å². The summed E-state index contributed by atoms with van der Waals surface area (Å²) in [6.45, 7) is 0.00283. The Bertz CT molecular complexity index is 994. The van der Waals surface area contributed by atoms with Crippen molar-refractivity contribution in [1.29, 1.82) is 0 Å². The summed E-state index contributed by atoms with van der Waals surface area (Å²) in [7, 11) is 0. The molecule has 8 heteroatoms. The van der Waals surface area contributed by atoms with E-state index in [9.17, 15) is 19.7 Å². The molecule has 3 aromatic rings. The molecule has 0 saturated heterocycles. The molecule has 24 heavy (non-hydrogen) atoms. The fourth-order valence-corrected chi connectivity index (χ4v) is 3.69. The van der Waals surface area contributed by atoms with E-state index in [0.29, 0.717) is 5.01 Å². The first-order chi connectivity index (χ1) is 11.6. The Morgan fingerprint density at radius 1 is 1.08 bits per heavy atom. The van der Waals surface area contributed by atoms with E-state index in [1.807, 2.05) is 24.3 Å². The minimum atomic E-state index is -0.651. The molecule has 0 saturated carbocycles. The Morgan fingerprint density at radius 2 is 1.88 bits per heavy atom. The molecule has 0 N–H and O–H groups in total. The molecule has 2 aromatic carbocycles. The van der Waals surface area contributed by atoms with Gasteiger partial charge in [0.15, 0.2) is 0 Å². The number of hydrogen-bond donors (Lipinski definition) is 0. The van der Waals surface area contributed by atoms with Crippen molar-refractivity contribution in [2.24, 2.45) is 0 Å².